The number of benzene rings is 3. The van der Waals surface area contributed by atoms with Crippen molar-refractivity contribution in [2.45, 2.75) is 19.9 Å². The van der Waals surface area contributed by atoms with Crippen LogP contribution in [0, 0.1) is 6.92 Å². The first-order valence-electron chi connectivity index (χ1n) is 9.68. The molecule has 0 saturated carbocycles. The highest BCUT2D eigenvalue weighted by molar-refractivity contribution is 7.92. The molecule has 158 valence electrons. The lowest BCUT2D eigenvalue weighted by atomic mass is 10.1. The number of carbonyl (C=O) groups excluding carboxylic acids is 1. The Morgan fingerprint density at radius 2 is 1.70 bits per heavy atom. The van der Waals surface area contributed by atoms with Gasteiger partial charge in [-0.2, -0.15) is 0 Å². The lowest BCUT2D eigenvalue weighted by Gasteiger charge is -2.24. The fraction of sp³-hybridized carbons (Fsp3) is 0.261. The minimum Gasteiger partial charge on any atom is -0.491 e. The second kappa shape index (κ2) is 9.17. The number of aryl methyl sites for hydroxylation is 1. The number of nitrogens with zero attached hydrogens (tertiary/aromatic N) is 1. The molecule has 3 rings (SSSR count). The molecule has 7 heteroatoms. The standard InChI is InChI=1S/C23H26N2O4S/c1-17-11-13-20(14-12-17)29-16-18(2)24-23(26)15-25(30(3,27)28)22-10-6-8-19-7-4-5-9-21(19)22/h4-14,18H,15-16H2,1-3H3,(H,24,26)/t18-/m0/s1. The molecule has 0 aliphatic heterocycles. The average molecular weight is 427 g/mol. The number of rotatable bonds is 8. The lowest BCUT2D eigenvalue weighted by Crippen LogP contribution is -2.45. The van der Waals surface area contributed by atoms with Gasteiger partial charge in [-0.3, -0.25) is 9.10 Å². The SMILES string of the molecule is Cc1ccc(OC[C@H](C)NC(=O)CN(c2cccc3ccccc23)S(C)(=O)=O)cc1. The van der Waals surface area contributed by atoms with E-state index in [1.54, 1.807) is 12.1 Å². The van der Waals surface area contributed by atoms with Gasteiger partial charge in [-0.25, -0.2) is 8.42 Å². The van der Waals surface area contributed by atoms with Crippen LogP contribution in [-0.2, 0) is 14.8 Å². The second-order valence-corrected chi connectivity index (χ2v) is 9.27. The van der Waals surface area contributed by atoms with Crippen LogP contribution in [0.25, 0.3) is 10.8 Å². The van der Waals surface area contributed by atoms with Crippen molar-refractivity contribution in [3.63, 3.8) is 0 Å². The van der Waals surface area contributed by atoms with Gasteiger partial charge in [0.15, 0.2) is 0 Å². The summed E-state index contributed by atoms with van der Waals surface area (Å²) in [6.45, 7) is 3.79. The fourth-order valence-electron chi connectivity index (χ4n) is 3.16. The van der Waals surface area contributed by atoms with Crippen LogP contribution in [0.4, 0.5) is 5.69 Å². The van der Waals surface area contributed by atoms with Crippen molar-refractivity contribution in [2.24, 2.45) is 0 Å². The van der Waals surface area contributed by atoms with Crippen molar-refractivity contribution >= 4 is 32.4 Å². The highest BCUT2D eigenvalue weighted by atomic mass is 32.2. The summed E-state index contributed by atoms with van der Waals surface area (Å²) in [5.74, 6) is 0.323. The van der Waals surface area contributed by atoms with Gasteiger partial charge in [0.05, 0.1) is 18.0 Å². The summed E-state index contributed by atoms with van der Waals surface area (Å²) >= 11 is 0. The topological polar surface area (TPSA) is 75.7 Å². The number of ether oxygens (including phenoxy) is 1. The Morgan fingerprint density at radius 3 is 2.40 bits per heavy atom. The normalized spacial score (nSPS) is 12.4. The van der Waals surface area contributed by atoms with E-state index in [2.05, 4.69) is 5.32 Å². The molecular formula is C23H26N2O4S. The van der Waals surface area contributed by atoms with Gasteiger partial charge < -0.3 is 10.1 Å². The largest absolute Gasteiger partial charge is 0.491 e. The molecule has 3 aromatic carbocycles. The van der Waals surface area contributed by atoms with Crippen molar-refractivity contribution in [3.05, 3.63) is 72.3 Å². The Kier molecular flexibility index (Phi) is 6.62. The van der Waals surface area contributed by atoms with E-state index >= 15 is 0 Å². The molecule has 6 nitrogen and oxygen atoms in total. The molecule has 0 unspecified atom stereocenters. The van der Waals surface area contributed by atoms with E-state index in [1.165, 1.54) is 0 Å². The molecule has 0 fully saturated rings. The summed E-state index contributed by atoms with van der Waals surface area (Å²) in [4.78, 5) is 12.6. The summed E-state index contributed by atoms with van der Waals surface area (Å²) in [6.07, 6.45) is 1.10. The van der Waals surface area contributed by atoms with Gasteiger partial charge in [-0.1, -0.05) is 54.1 Å². The minimum absolute atomic E-state index is 0.280. The average Bonchev–Trinajstić information content (AvgIpc) is 2.70. The zero-order chi connectivity index (χ0) is 21.7. The number of anilines is 1. The van der Waals surface area contributed by atoms with Gasteiger partial charge in [0.2, 0.25) is 15.9 Å². The molecule has 3 aromatic rings. The van der Waals surface area contributed by atoms with Crippen molar-refractivity contribution in [3.8, 4) is 5.75 Å². The van der Waals surface area contributed by atoms with Crippen LogP contribution in [0.1, 0.15) is 12.5 Å². The Labute approximate surface area is 177 Å². The molecule has 1 atom stereocenters. The number of hydrogen-bond acceptors (Lipinski definition) is 4. The quantitative estimate of drug-likeness (QED) is 0.598. The molecule has 0 aliphatic rings. The third-order valence-corrected chi connectivity index (χ3v) is 5.78. The molecule has 0 saturated heterocycles. The Bertz CT molecular complexity index is 1120. The van der Waals surface area contributed by atoms with Gasteiger partial charge in [-0.05, 0) is 37.4 Å². The molecule has 0 heterocycles. The molecule has 0 spiro atoms. The zero-order valence-corrected chi connectivity index (χ0v) is 18.1. The van der Waals surface area contributed by atoms with E-state index in [0.717, 1.165) is 32.6 Å². The molecule has 1 N–H and O–H groups in total. The summed E-state index contributed by atoms with van der Waals surface area (Å²) in [5, 5.41) is 4.49. The lowest BCUT2D eigenvalue weighted by molar-refractivity contribution is -0.120. The van der Waals surface area contributed by atoms with E-state index in [1.807, 2.05) is 68.4 Å². The molecule has 30 heavy (non-hydrogen) atoms. The molecular weight excluding hydrogens is 400 g/mol. The van der Waals surface area contributed by atoms with Crippen LogP contribution in [0.15, 0.2) is 66.7 Å². The Morgan fingerprint density at radius 1 is 1.03 bits per heavy atom. The van der Waals surface area contributed by atoms with Crippen LogP contribution < -0.4 is 14.4 Å². The molecule has 1 amide bonds. The van der Waals surface area contributed by atoms with Crippen LogP contribution >= 0.6 is 0 Å². The smallest absolute Gasteiger partial charge is 0.241 e. The number of nitrogens with one attached hydrogen (secondary N) is 1. The summed E-state index contributed by atoms with van der Waals surface area (Å²) in [7, 11) is -3.66. The van der Waals surface area contributed by atoms with Crippen LogP contribution in [-0.4, -0.2) is 39.8 Å². The Hall–Kier alpha value is -3.06. The maximum atomic E-state index is 12.6. The second-order valence-electron chi connectivity index (χ2n) is 7.36. The van der Waals surface area contributed by atoms with Gasteiger partial charge in [0.25, 0.3) is 0 Å². The van der Waals surface area contributed by atoms with Gasteiger partial charge in [-0.15, -0.1) is 0 Å². The summed E-state index contributed by atoms with van der Waals surface area (Å²) in [5.41, 5.74) is 1.62. The Balaban J connectivity index is 1.69. The van der Waals surface area contributed by atoms with Gasteiger partial charge in [0.1, 0.15) is 18.9 Å². The number of hydrogen-bond donors (Lipinski definition) is 1. The predicted molar refractivity (Wildman–Crippen MR) is 120 cm³/mol. The van der Waals surface area contributed by atoms with Crippen molar-refractivity contribution in [2.75, 3.05) is 23.7 Å². The van der Waals surface area contributed by atoms with E-state index in [0.29, 0.717) is 5.69 Å². The monoisotopic (exact) mass is 426 g/mol. The van der Waals surface area contributed by atoms with Crippen molar-refractivity contribution < 1.29 is 17.9 Å². The minimum atomic E-state index is -3.66. The molecule has 0 bridgehead atoms. The first kappa shape index (κ1) is 21.6. The van der Waals surface area contributed by atoms with Crippen LogP contribution in [0.2, 0.25) is 0 Å². The number of amides is 1. The maximum absolute atomic E-state index is 12.6. The zero-order valence-electron chi connectivity index (χ0n) is 17.3. The van der Waals surface area contributed by atoms with Gasteiger partial charge in [0, 0.05) is 5.39 Å². The fourth-order valence-corrected chi connectivity index (χ4v) is 4.02. The highest BCUT2D eigenvalue weighted by Gasteiger charge is 2.23. The third kappa shape index (κ3) is 5.51. The van der Waals surface area contributed by atoms with E-state index in [-0.39, 0.29) is 19.2 Å². The highest BCUT2D eigenvalue weighted by Crippen LogP contribution is 2.28. The summed E-state index contributed by atoms with van der Waals surface area (Å²) in [6, 6.07) is 20.2. The molecule has 0 radical (unpaired) electrons. The molecule has 0 aliphatic carbocycles. The first-order valence-corrected chi connectivity index (χ1v) is 11.5. The number of carbonyl (C=O) groups is 1. The van der Waals surface area contributed by atoms with Gasteiger partial charge >= 0.3 is 0 Å². The van der Waals surface area contributed by atoms with Crippen molar-refractivity contribution in [1.29, 1.82) is 0 Å². The number of fused-ring (bicyclic) bond motifs is 1. The van der Waals surface area contributed by atoms with Crippen LogP contribution in [0.5, 0.6) is 5.75 Å². The van der Waals surface area contributed by atoms with Crippen LogP contribution in [0.3, 0.4) is 0 Å². The number of sulfonamides is 1. The van der Waals surface area contributed by atoms with E-state index in [9.17, 15) is 13.2 Å². The predicted octanol–water partition coefficient (Wildman–Crippen LogP) is 3.50. The maximum Gasteiger partial charge on any atom is 0.241 e. The van der Waals surface area contributed by atoms with Crippen molar-refractivity contribution in [1.82, 2.24) is 5.32 Å². The van der Waals surface area contributed by atoms with E-state index in [4.69, 9.17) is 4.74 Å². The molecule has 0 aromatic heterocycles. The summed E-state index contributed by atoms with van der Waals surface area (Å²) < 4.78 is 31.7. The third-order valence-electron chi connectivity index (χ3n) is 4.65. The van der Waals surface area contributed by atoms with E-state index < -0.39 is 15.9 Å². The first-order chi connectivity index (χ1) is 14.2.